The van der Waals surface area contributed by atoms with Gasteiger partial charge in [0.15, 0.2) is 0 Å². The molecule has 1 heterocycles. The molecule has 0 saturated carbocycles. The smallest absolute Gasteiger partial charge is 0.137 e. The van der Waals surface area contributed by atoms with Crippen molar-refractivity contribution in [1.29, 1.82) is 0 Å². The summed E-state index contributed by atoms with van der Waals surface area (Å²) in [5.41, 5.74) is 0. The summed E-state index contributed by atoms with van der Waals surface area (Å²) in [6.45, 7) is 5.75. The van der Waals surface area contributed by atoms with Gasteiger partial charge in [-0.3, -0.25) is 4.90 Å². The number of carbonyl (C=O) groups is 1. The molecule has 0 radical (unpaired) electrons. The summed E-state index contributed by atoms with van der Waals surface area (Å²) >= 11 is 0. The first-order valence-electron chi connectivity index (χ1n) is 6.15. The Morgan fingerprint density at radius 3 is 3.00 bits per heavy atom. The molecule has 0 aliphatic carbocycles. The first-order chi connectivity index (χ1) is 7.38. The van der Waals surface area contributed by atoms with Gasteiger partial charge in [0.25, 0.3) is 0 Å². The molecule has 1 aliphatic rings. The van der Waals surface area contributed by atoms with E-state index in [1.54, 1.807) is 0 Å². The zero-order chi connectivity index (χ0) is 10.9. The third-order valence-corrected chi connectivity index (χ3v) is 2.99. The Balaban J connectivity index is 2.09. The third kappa shape index (κ3) is 4.76. The number of carbonyl (C=O) groups excluding carboxylic acids is 1. The van der Waals surface area contributed by atoms with Gasteiger partial charge in [0, 0.05) is 13.2 Å². The average Bonchev–Trinajstić information content (AvgIpc) is 2.29. The SMILES string of the molecule is CCCCOCCN1CCCCC1C=O. The second-order valence-corrected chi connectivity index (χ2v) is 4.20. The molecule has 0 amide bonds. The van der Waals surface area contributed by atoms with Crippen LogP contribution in [0.3, 0.4) is 0 Å². The molecule has 0 spiro atoms. The highest BCUT2D eigenvalue weighted by atomic mass is 16.5. The van der Waals surface area contributed by atoms with Crippen LogP contribution in [0.25, 0.3) is 0 Å². The van der Waals surface area contributed by atoms with Crippen molar-refractivity contribution in [3.63, 3.8) is 0 Å². The number of piperidine rings is 1. The van der Waals surface area contributed by atoms with Gasteiger partial charge in [-0.15, -0.1) is 0 Å². The lowest BCUT2D eigenvalue weighted by atomic mass is 10.0. The maximum Gasteiger partial charge on any atom is 0.137 e. The highest BCUT2D eigenvalue weighted by Gasteiger charge is 2.20. The van der Waals surface area contributed by atoms with Gasteiger partial charge < -0.3 is 9.53 Å². The number of likely N-dealkylation sites (tertiary alicyclic amines) is 1. The largest absolute Gasteiger partial charge is 0.380 e. The van der Waals surface area contributed by atoms with Crippen LogP contribution in [0.2, 0.25) is 0 Å². The average molecular weight is 213 g/mol. The molecule has 1 unspecified atom stereocenters. The van der Waals surface area contributed by atoms with E-state index in [-0.39, 0.29) is 6.04 Å². The lowest BCUT2D eigenvalue weighted by molar-refractivity contribution is -0.113. The zero-order valence-corrected chi connectivity index (χ0v) is 9.78. The highest BCUT2D eigenvalue weighted by molar-refractivity contribution is 5.57. The van der Waals surface area contributed by atoms with Crippen molar-refractivity contribution in [2.75, 3.05) is 26.3 Å². The van der Waals surface area contributed by atoms with Gasteiger partial charge in [0.2, 0.25) is 0 Å². The van der Waals surface area contributed by atoms with Gasteiger partial charge >= 0.3 is 0 Å². The Morgan fingerprint density at radius 2 is 2.27 bits per heavy atom. The monoisotopic (exact) mass is 213 g/mol. The molecule has 0 N–H and O–H groups in total. The predicted molar refractivity (Wildman–Crippen MR) is 61.0 cm³/mol. The second kappa shape index (κ2) is 7.83. The number of aldehydes is 1. The molecule has 88 valence electrons. The summed E-state index contributed by atoms with van der Waals surface area (Å²) in [5, 5.41) is 0. The number of hydrogen-bond acceptors (Lipinski definition) is 3. The molecule has 15 heavy (non-hydrogen) atoms. The van der Waals surface area contributed by atoms with E-state index in [2.05, 4.69) is 11.8 Å². The Morgan fingerprint density at radius 1 is 1.40 bits per heavy atom. The van der Waals surface area contributed by atoms with Gasteiger partial charge in [-0.05, 0) is 25.8 Å². The number of hydrogen-bond donors (Lipinski definition) is 0. The van der Waals surface area contributed by atoms with Crippen LogP contribution in [0.1, 0.15) is 39.0 Å². The highest BCUT2D eigenvalue weighted by Crippen LogP contribution is 2.14. The van der Waals surface area contributed by atoms with Crippen molar-refractivity contribution in [2.24, 2.45) is 0 Å². The summed E-state index contributed by atoms with van der Waals surface area (Å²) < 4.78 is 5.51. The van der Waals surface area contributed by atoms with Gasteiger partial charge in [-0.25, -0.2) is 0 Å². The Kier molecular flexibility index (Phi) is 6.60. The summed E-state index contributed by atoms with van der Waals surface area (Å²) in [7, 11) is 0. The summed E-state index contributed by atoms with van der Waals surface area (Å²) in [5.74, 6) is 0. The maximum atomic E-state index is 10.8. The van der Waals surface area contributed by atoms with E-state index in [0.29, 0.717) is 0 Å². The van der Waals surface area contributed by atoms with Crippen molar-refractivity contribution < 1.29 is 9.53 Å². The maximum absolute atomic E-state index is 10.8. The minimum Gasteiger partial charge on any atom is -0.380 e. The number of nitrogens with zero attached hydrogens (tertiary/aromatic N) is 1. The molecule has 0 aromatic rings. The molecule has 0 bridgehead atoms. The van der Waals surface area contributed by atoms with E-state index >= 15 is 0 Å². The Hall–Kier alpha value is -0.410. The first-order valence-corrected chi connectivity index (χ1v) is 6.15. The summed E-state index contributed by atoms with van der Waals surface area (Å²) in [6, 6.07) is 0.147. The second-order valence-electron chi connectivity index (χ2n) is 4.20. The number of rotatable bonds is 7. The molecule has 3 heteroatoms. The lowest BCUT2D eigenvalue weighted by Gasteiger charge is -2.31. The van der Waals surface area contributed by atoms with E-state index in [1.165, 1.54) is 19.3 Å². The molecule has 1 aliphatic heterocycles. The number of unbranched alkanes of at least 4 members (excludes halogenated alkanes) is 1. The fourth-order valence-electron chi connectivity index (χ4n) is 1.98. The van der Waals surface area contributed by atoms with Gasteiger partial charge in [0.05, 0.1) is 12.6 Å². The quantitative estimate of drug-likeness (QED) is 0.477. The first kappa shape index (κ1) is 12.7. The summed E-state index contributed by atoms with van der Waals surface area (Å²) in [6.07, 6.45) is 6.84. The minimum atomic E-state index is 0.147. The molecule has 0 aromatic carbocycles. The van der Waals surface area contributed by atoms with Crippen LogP contribution in [0.4, 0.5) is 0 Å². The van der Waals surface area contributed by atoms with Gasteiger partial charge in [-0.1, -0.05) is 19.8 Å². The molecule has 0 aromatic heterocycles. The van der Waals surface area contributed by atoms with Crippen molar-refractivity contribution in [1.82, 2.24) is 4.90 Å². The standard InChI is InChI=1S/C12H23NO2/c1-2-3-9-15-10-8-13-7-5-4-6-12(13)11-14/h11-12H,2-10H2,1H3. The van der Waals surface area contributed by atoms with Crippen molar-refractivity contribution in [3.05, 3.63) is 0 Å². The van der Waals surface area contributed by atoms with E-state index in [4.69, 9.17) is 4.74 Å². The third-order valence-electron chi connectivity index (χ3n) is 2.99. The Bertz CT molecular complexity index is 173. The van der Waals surface area contributed by atoms with E-state index in [0.717, 1.165) is 45.4 Å². The van der Waals surface area contributed by atoms with E-state index in [9.17, 15) is 4.79 Å². The van der Waals surface area contributed by atoms with E-state index in [1.807, 2.05) is 0 Å². The molecule has 1 saturated heterocycles. The van der Waals surface area contributed by atoms with Crippen LogP contribution in [-0.4, -0.2) is 43.5 Å². The van der Waals surface area contributed by atoms with Crippen LogP contribution in [-0.2, 0) is 9.53 Å². The molecular weight excluding hydrogens is 190 g/mol. The van der Waals surface area contributed by atoms with Gasteiger partial charge in [0.1, 0.15) is 6.29 Å². The molecule has 1 atom stereocenters. The lowest BCUT2D eigenvalue weighted by Crippen LogP contribution is -2.42. The van der Waals surface area contributed by atoms with Crippen LogP contribution in [0.15, 0.2) is 0 Å². The van der Waals surface area contributed by atoms with Gasteiger partial charge in [-0.2, -0.15) is 0 Å². The predicted octanol–water partition coefficient (Wildman–Crippen LogP) is 1.86. The molecule has 3 nitrogen and oxygen atoms in total. The van der Waals surface area contributed by atoms with Crippen LogP contribution < -0.4 is 0 Å². The van der Waals surface area contributed by atoms with Crippen LogP contribution in [0.5, 0.6) is 0 Å². The van der Waals surface area contributed by atoms with Crippen molar-refractivity contribution in [3.8, 4) is 0 Å². The number of ether oxygens (including phenoxy) is 1. The fraction of sp³-hybridized carbons (Fsp3) is 0.917. The molecule has 1 rings (SSSR count). The van der Waals surface area contributed by atoms with Crippen molar-refractivity contribution >= 4 is 6.29 Å². The van der Waals surface area contributed by atoms with Crippen molar-refractivity contribution in [2.45, 2.75) is 45.1 Å². The molecule has 1 fully saturated rings. The topological polar surface area (TPSA) is 29.5 Å². The van der Waals surface area contributed by atoms with Crippen LogP contribution in [0, 0.1) is 0 Å². The minimum absolute atomic E-state index is 0.147. The zero-order valence-electron chi connectivity index (χ0n) is 9.78. The molecular formula is C12H23NO2. The van der Waals surface area contributed by atoms with E-state index < -0.39 is 0 Å². The summed E-state index contributed by atoms with van der Waals surface area (Å²) in [4.78, 5) is 13.1. The fourth-order valence-corrected chi connectivity index (χ4v) is 1.98. The van der Waals surface area contributed by atoms with Crippen LogP contribution >= 0.6 is 0 Å². The normalized spacial score (nSPS) is 22.9. The Labute approximate surface area is 92.8 Å².